The van der Waals surface area contributed by atoms with Gasteiger partial charge in [0.05, 0.1) is 12.7 Å². The highest BCUT2D eigenvalue weighted by Gasteiger charge is 2.02. The van der Waals surface area contributed by atoms with Gasteiger partial charge in [0.2, 0.25) is 0 Å². The smallest absolute Gasteiger partial charge is 0.0861 e. The quantitative estimate of drug-likeness (QED) is 0.851. The third-order valence-corrected chi connectivity index (χ3v) is 4.01. The van der Waals surface area contributed by atoms with E-state index in [9.17, 15) is 5.11 Å². The predicted molar refractivity (Wildman–Crippen MR) is 81.1 cm³/mol. The van der Waals surface area contributed by atoms with Crippen molar-refractivity contribution < 1.29 is 10.2 Å². The Morgan fingerprint density at radius 3 is 2.16 bits per heavy atom. The summed E-state index contributed by atoms with van der Waals surface area (Å²) in [6.45, 7) is -0.167. The van der Waals surface area contributed by atoms with Crippen LogP contribution in [0.15, 0.2) is 54.6 Å². The van der Waals surface area contributed by atoms with Crippen LogP contribution >= 0.6 is 11.8 Å². The van der Waals surface area contributed by atoms with Gasteiger partial charge in [0, 0.05) is 11.5 Å². The van der Waals surface area contributed by atoms with Crippen molar-refractivity contribution in [2.45, 2.75) is 11.9 Å². The van der Waals surface area contributed by atoms with Crippen LogP contribution in [0.5, 0.6) is 0 Å². The molecule has 19 heavy (non-hydrogen) atoms. The Labute approximate surface area is 118 Å². The topological polar surface area (TPSA) is 40.5 Å². The molecular formula is C16H18O2S. The van der Waals surface area contributed by atoms with Gasteiger partial charge in [0.15, 0.2) is 0 Å². The molecule has 0 saturated heterocycles. The third kappa shape index (κ3) is 4.39. The highest BCUT2D eigenvalue weighted by atomic mass is 32.2. The number of thioether (sulfide) groups is 1. The van der Waals surface area contributed by atoms with Gasteiger partial charge in [-0.3, -0.25) is 0 Å². The Morgan fingerprint density at radius 2 is 1.53 bits per heavy atom. The highest BCUT2D eigenvalue weighted by Crippen LogP contribution is 2.21. The van der Waals surface area contributed by atoms with Crippen molar-refractivity contribution >= 4 is 11.8 Å². The molecule has 100 valence electrons. The standard InChI is InChI=1S/C16H18O2S/c17-10-16(18)12-19-11-13-6-8-15(9-7-13)14-4-2-1-3-5-14/h1-9,16-18H,10-12H2. The zero-order valence-corrected chi connectivity index (χ0v) is 11.5. The minimum atomic E-state index is -0.617. The zero-order chi connectivity index (χ0) is 13.5. The van der Waals surface area contributed by atoms with Gasteiger partial charge in [-0.25, -0.2) is 0 Å². The van der Waals surface area contributed by atoms with E-state index in [4.69, 9.17) is 5.11 Å². The molecule has 2 rings (SSSR count). The normalized spacial score (nSPS) is 12.3. The number of hydrogen-bond acceptors (Lipinski definition) is 3. The fraction of sp³-hybridized carbons (Fsp3) is 0.250. The summed E-state index contributed by atoms with van der Waals surface area (Å²) < 4.78 is 0. The second-order valence-corrected chi connectivity index (χ2v) is 5.44. The molecule has 0 aliphatic heterocycles. The Balaban J connectivity index is 1.92. The van der Waals surface area contributed by atoms with Gasteiger partial charge in [-0.2, -0.15) is 11.8 Å². The Morgan fingerprint density at radius 1 is 0.895 bits per heavy atom. The monoisotopic (exact) mass is 274 g/mol. The molecule has 0 saturated carbocycles. The van der Waals surface area contributed by atoms with Crippen molar-refractivity contribution in [2.24, 2.45) is 0 Å². The van der Waals surface area contributed by atoms with E-state index in [2.05, 4.69) is 36.4 Å². The van der Waals surface area contributed by atoms with Crippen molar-refractivity contribution in [3.8, 4) is 11.1 Å². The summed E-state index contributed by atoms with van der Waals surface area (Å²) in [5.41, 5.74) is 3.66. The van der Waals surface area contributed by atoms with E-state index < -0.39 is 6.10 Å². The summed E-state index contributed by atoms with van der Waals surface area (Å²) >= 11 is 1.63. The lowest BCUT2D eigenvalue weighted by Crippen LogP contribution is -2.14. The van der Waals surface area contributed by atoms with Gasteiger partial charge in [-0.1, -0.05) is 54.6 Å². The molecule has 2 aromatic carbocycles. The average molecular weight is 274 g/mol. The predicted octanol–water partition coefficient (Wildman–Crippen LogP) is 2.94. The molecule has 2 aromatic rings. The van der Waals surface area contributed by atoms with Gasteiger partial charge in [-0.15, -0.1) is 0 Å². The van der Waals surface area contributed by atoms with Crippen molar-refractivity contribution in [3.05, 3.63) is 60.2 Å². The van der Waals surface area contributed by atoms with Crippen LogP contribution in [0.25, 0.3) is 11.1 Å². The van der Waals surface area contributed by atoms with Crippen molar-refractivity contribution in [3.63, 3.8) is 0 Å². The minimum Gasteiger partial charge on any atom is -0.394 e. The summed E-state index contributed by atoms with van der Waals surface area (Å²) in [5, 5.41) is 18.0. The number of aliphatic hydroxyl groups excluding tert-OH is 2. The maximum absolute atomic E-state index is 9.26. The van der Waals surface area contributed by atoms with E-state index in [-0.39, 0.29) is 6.61 Å². The molecule has 0 heterocycles. The van der Waals surface area contributed by atoms with Crippen LogP contribution in [0.4, 0.5) is 0 Å². The van der Waals surface area contributed by atoms with E-state index in [1.54, 1.807) is 11.8 Å². The van der Waals surface area contributed by atoms with E-state index in [1.807, 2.05) is 18.2 Å². The number of rotatable bonds is 6. The van der Waals surface area contributed by atoms with E-state index in [1.165, 1.54) is 16.7 Å². The van der Waals surface area contributed by atoms with Crippen LogP contribution in [0.3, 0.4) is 0 Å². The molecule has 0 aromatic heterocycles. The summed E-state index contributed by atoms with van der Waals surface area (Å²) in [7, 11) is 0. The molecule has 0 spiro atoms. The third-order valence-electron chi connectivity index (χ3n) is 2.85. The van der Waals surface area contributed by atoms with Crippen LogP contribution in [-0.4, -0.2) is 28.7 Å². The Bertz CT molecular complexity index is 482. The van der Waals surface area contributed by atoms with E-state index in [0.29, 0.717) is 5.75 Å². The lowest BCUT2D eigenvalue weighted by molar-refractivity contribution is 0.113. The zero-order valence-electron chi connectivity index (χ0n) is 10.7. The first kappa shape index (κ1) is 14.1. The molecular weight excluding hydrogens is 256 g/mol. The first-order chi connectivity index (χ1) is 9.29. The fourth-order valence-corrected chi connectivity index (χ4v) is 2.71. The van der Waals surface area contributed by atoms with Crippen LogP contribution in [0.2, 0.25) is 0 Å². The van der Waals surface area contributed by atoms with Crippen molar-refractivity contribution in [1.29, 1.82) is 0 Å². The molecule has 0 amide bonds. The molecule has 1 unspecified atom stereocenters. The van der Waals surface area contributed by atoms with Gasteiger partial charge in [0.1, 0.15) is 0 Å². The Hall–Kier alpha value is -1.29. The molecule has 0 aliphatic rings. The molecule has 1 atom stereocenters. The maximum atomic E-state index is 9.26. The molecule has 0 aliphatic carbocycles. The van der Waals surface area contributed by atoms with Crippen LogP contribution in [0.1, 0.15) is 5.56 Å². The summed E-state index contributed by atoms with van der Waals surface area (Å²) in [5.74, 6) is 1.42. The second-order valence-electron chi connectivity index (χ2n) is 4.41. The first-order valence-electron chi connectivity index (χ1n) is 6.30. The lowest BCUT2D eigenvalue weighted by atomic mass is 10.0. The molecule has 0 bridgehead atoms. The van der Waals surface area contributed by atoms with Gasteiger partial charge >= 0.3 is 0 Å². The average Bonchev–Trinajstić information content (AvgIpc) is 2.48. The highest BCUT2D eigenvalue weighted by molar-refractivity contribution is 7.98. The van der Waals surface area contributed by atoms with Gasteiger partial charge in [-0.05, 0) is 16.7 Å². The van der Waals surface area contributed by atoms with Gasteiger partial charge < -0.3 is 10.2 Å². The molecule has 0 radical (unpaired) electrons. The van der Waals surface area contributed by atoms with Crippen LogP contribution in [-0.2, 0) is 5.75 Å². The lowest BCUT2D eigenvalue weighted by Gasteiger charge is -2.07. The maximum Gasteiger partial charge on any atom is 0.0861 e. The number of hydrogen-bond donors (Lipinski definition) is 2. The molecule has 2 nitrogen and oxygen atoms in total. The van der Waals surface area contributed by atoms with E-state index in [0.717, 1.165) is 5.75 Å². The van der Waals surface area contributed by atoms with Crippen molar-refractivity contribution in [2.75, 3.05) is 12.4 Å². The second kappa shape index (κ2) is 7.34. The largest absolute Gasteiger partial charge is 0.394 e. The summed E-state index contributed by atoms with van der Waals surface area (Å²) in [6, 6.07) is 18.7. The van der Waals surface area contributed by atoms with Crippen molar-refractivity contribution in [1.82, 2.24) is 0 Å². The van der Waals surface area contributed by atoms with Crippen LogP contribution in [0, 0.1) is 0 Å². The molecule has 3 heteroatoms. The number of benzene rings is 2. The minimum absolute atomic E-state index is 0.167. The van der Waals surface area contributed by atoms with Crippen LogP contribution < -0.4 is 0 Å². The number of aliphatic hydroxyl groups is 2. The Kier molecular flexibility index (Phi) is 5.45. The van der Waals surface area contributed by atoms with Gasteiger partial charge in [0.25, 0.3) is 0 Å². The first-order valence-corrected chi connectivity index (χ1v) is 7.46. The molecule has 2 N–H and O–H groups in total. The summed E-state index contributed by atoms with van der Waals surface area (Å²) in [4.78, 5) is 0. The van der Waals surface area contributed by atoms with E-state index >= 15 is 0 Å². The fourth-order valence-electron chi connectivity index (χ4n) is 1.79. The molecule has 0 fully saturated rings. The SMILES string of the molecule is OCC(O)CSCc1ccc(-c2ccccc2)cc1. The summed E-state index contributed by atoms with van der Waals surface area (Å²) in [6.07, 6.45) is -0.617.